The van der Waals surface area contributed by atoms with Gasteiger partial charge in [0.15, 0.2) is 0 Å². The average molecular weight is 314 g/mol. The van der Waals surface area contributed by atoms with Gasteiger partial charge in [-0.1, -0.05) is 12.1 Å². The zero-order valence-corrected chi connectivity index (χ0v) is 12.4. The Hall–Kier alpha value is -2.29. The highest BCUT2D eigenvalue weighted by molar-refractivity contribution is 5.33. The van der Waals surface area contributed by atoms with Crippen molar-refractivity contribution in [1.29, 1.82) is 5.26 Å². The highest BCUT2D eigenvalue weighted by Gasteiger charge is 2.33. The van der Waals surface area contributed by atoms with Gasteiger partial charge in [-0.25, -0.2) is 8.78 Å². The summed E-state index contributed by atoms with van der Waals surface area (Å²) < 4.78 is 27.5. The van der Waals surface area contributed by atoms with E-state index in [1.54, 1.807) is 18.2 Å². The van der Waals surface area contributed by atoms with Gasteiger partial charge in [0, 0.05) is 24.7 Å². The van der Waals surface area contributed by atoms with E-state index in [-0.39, 0.29) is 11.6 Å². The van der Waals surface area contributed by atoms with E-state index in [2.05, 4.69) is 6.07 Å². The van der Waals surface area contributed by atoms with Crippen molar-refractivity contribution < 1.29 is 13.9 Å². The Morgan fingerprint density at radius 3 is 2.83 bits per heavy atom. The lowest BCUT2D eigenvalue weighted by Crippen LogP contribution is -2.25. The summed E-state index contributed by atoms with van der Waals surface area (Å²) in [5.41, 5.74) is 1.72. The average Bonchev–Trinajstić information content (AvgIpc) is 2.90. The van der Waals surface area contributed by atoms with Gasteiger partial charge < -0.3 is 5.11 Å². The maximum atomic E-state index is 14.1. The third kappa shape index (κ3) is 3.39. The van der Waals surface area contributed by atoms with E-state index in [1.165, 1.54) is 6.07 Å². The van der Waals surface area contributed by atoms with Gasteiger partial charge in [-0.15, -0.1) is 0 Å². The highest BCUT2D eigenvalue weighted by Crippen LogP contribution is 2.35. The van der Waals surface area contributed by atoms with E-state index in [0.29, 0.717) is 25.1 Å². The third-order valence-electron chi connectivity index (χ3n) is 4.14. The van der Waals surface area contributed by atoms with E-state index in [1.807, 2.05) is 11.0 Å². The Labute approximate surface area is 133 Å². The molecule has 2 aromatic carbocycles. The van der Waals surface area contributed by atoms with Gasteiger partial charge >= 0.3 is 0 Å². The highest BCUT2D eigenvalue weighted by atomic mass is 19.1. The molecule has 0 aliphatic carbocycles. The Bertz CT molecular complexity index is 757. The fourth-order valence-corrected chi connectivity index (χ4v) is 3.12. The van der Waals surface area contributed by atoms with Crippen molar-refractivity contribution in [3.05, 3.63) is 70.8 Å². The molecule has 3 rings (SSSR count). The number of nitriles is 1. The number of hydrogen-bond acceptors (Lipinski definition) is 3. The zero-order valence-electron chi connectivity index (χ0n) is 12.4. The van der Waals surface area contributed by atoms with Crippen molar-refractivity contribution in [2.45, 2.75) is 25.1 Å². The number of hydrogen-bond donors (Lipinski definition) is 1. The number of aliphatic hydroxyl groups excluding tert-OH is 1. The van der Waals surface area contributed by atoms with Crippen LogP contribution in [0.5, 0.6) is 0 Å². The molecule has 2 aromatic rings. The minimum atomic E-state index is -0.582. The summed E-state index contributed by atoms with van der Waals surface area (Å²) in [6, 6.07) is 12.2. The van der Waals surface area contributed by atoms with E-state index in [4.69, 9.17) is 5.26 Å². The number of likely N-dealkylation sites (tertiary alicyclic amines) is 1. The van der Waals surface area contributed by atoms with Crippen LogP contribution in [0.25, 0.3) is 0 Å². The lowest BCUT2D eigenvalue weighted by Gasteiger charge is -2.25. The second kappa shape index (κ2) is 6.45. The van der Waals surface area contributed by atoms with Gasteiger partial charge in [0.25, 0.3) is 0 Å². The molecule has 1 N–H and O–H groups in total. The number of β-amino-alcohol motifs (C(OH)–C–C–N with tert-alkyl or cyclic N) is 1. The molecule has 0 amide bonds. The first-order valence-corrected chi connectivity index (χ1v) is 7.43. The molecule has 118 valence electrons. The maximum Gasteiger partial charge on any atom is 0.128 e. The molecule has 2 atom stereocenters. The molecule has 23 heavy (non-hydrogen) atoms. The lowest BCUT2D eigenvalue weighted by atomic mass is 10.0. The molecule has 1 aliphatic rings. The van der Waals surface area contributed by atoms with Gasteiger partial charge in [0.05, 0.1) is 17.7 Å². The first-order valence-electron chi connectivity index (χ1n) is 7.43. The summed E-state index contributed by atoms with van der Waals surface area (Å²) in [5.74, 6) is -0.963. The molecule has 1 fully saturated rings. The summed E-state index contributed by atoms with van der Waals surface area (Å²) >= 11 is 0. The molecule has 5 heteroatoms. The second-order valence-electron chi connectivity index (χ2n) is 5.81. The first-order chi connectivity index (χ1) is 11.1. The van der Waals surface area contributed by atoms with Gasteiger partial charge in [-0.2, -0.15) is 5.26 Å². The molecule has 3 nitrogen and oxygen atoms in total. The lowest BCUT2D eigenvalue weighted by molar-refractivity contribution is 0.172. The minimum Gasteiger partial charge on any atom is -0.392 e. The number of nitrogens with zero attached hydrogens (tertiary/aromatic N) is 2. The van der Waals surface area contributed by atoms with E-state index < -0.39 is 17.7 Å². The molecular weight excluding hydrogens is 298 g/mol. The number of halogens is 2. The van der Waals surface area contributed by atoms with Crippen LogP contribution in [-0.4, -0.2) is 22.7 Å². The van der Waals surface area contributed by atoms with Gasteiger partial charge in [0.2, 0.25) is 0 Å². The van der Waals surface area contributed by atoms with Crippen LogP contribution in [0, 0.1) is 23.0 Å². The molecule has 0 aromatic heterocycles. The summed E-state index contributed by atoms with van der Waals surface area (Å²) in [5, 5.41) is 18.9. The predicted molar refractivity (Wildman–Crippen MR) is 81.3 cm³/mol. The van der Waals surface area contributed by atoms with Crippen molar-refractivity contribution in [2.24, 2.45) is 0 Å². The monoisotopic (exact) mass is 314 g/mol. The molecular formula is C18H16F2N2O. The van der Waals surface area contributed by atoms with Gasteiger partial charge in [0.1, 0.15) is 11.6 Å². The molecule has 0 bridgehead atoms. The smallest absolute Gasteiger partial charge is 0.128 e. The molecule has 1 heterocycles. The van der Waals surface area contributed by atoms with E-state index >= 15 is 0 Å². The molecule has 1 aliphatic heterocycles. The summed E-state index contributed by atoms with van der Waals surface area (Å²) in [6.07, 6.45) is -0.222. The van der Waals surface area contributed by atoms with Crippen molar-refractivity contribution in [3.8, 4) is 6.07 Å². The van der Waals surface area contributed by atoms with Crippen LogP contribution in [0.15, 0.2) is 42.5 Å². The van der Waals surface area contributed by atoms with Crippen LogP contribution >= 0.6 is 0 Å². The van der Waals surface area contributed by atoms with Crippen LogP contribution in [0.1, 0.15) is 29.2 Å². The van der Waals surface area contributed by atoms with Crippen molar-refractivity contribution >= 4 is 0 Å². The summed E-state index contributed by atoms with van der Waals surface area (Å²) in [6.45, 7) is 0.852. The largest absolute Gasteiger partial charge is 0.392 e. The quantitative estimate of drug-likeness (QED) is 0.947. The molecule has 0 spiro atoms. The predicted octanol–water partition coefficient (Wildman–Crippen LogP) is 3.14. The fourth-order valence-electron chi connectivity index (χ4n) is 3.12. The van der Waals surface area contributed by atoms with Crippen LogP contribution in [0.4, 0.5) is 8.78 Å². The van der Waals surface area contributed by atoms with E-state index in [9.17, 15) is 13.9 Å². The van der Waals surface area contributed by atoms with Gasteiger partial charge in [-0.05, 0) is 42.3 Å². The molecule has 0 radical (unpaired) electrons. The zero-order chi connectivity index (χ0) is 16.4. The minimum absolute atomic E-state index is 0.262. The number of benzene rings is 2. The maximum absolute atomic E-state index is 14.1. The third-order valence-corrected chi connectivity index (χ3v) is 4.14. The summed E-state index contributed by atoms with van der Waals surface area (Å²) in [7, 11) is 0. The van der Waals surface area contributed by atoms with Gasteiger partial charge in [-0.3, -0.25) is 4.90 Å². The first kappa shape index (κ1) is 15.6. The fraction of sp³-hybridized carbons (Fsp3) is 0.278. The standard InChI is InChI=1S/C18H16F2N2O/c19-14-4-5-17(20)16(7-14)18-8-15(23)11-22(18)10-13-3-1-2-12(6-13)9-21/h1-7,15,18,23H,8,10-11H2. The van der Waals surface area contributed by atoms with Crippen LogP contribution in [0.2, 0.25) is 0 Å². The molecule has 1 saturated heterocycles. The SMILES string of the molecule is N#Cc1cccc(CN2CC(O)CC2c2cc(F)ccc2F)c1. The topological polar surface area (TPSA) is 47.3 Å². The van der Waals surface area contributed by atoms with Crippen LogP contribution in [-0.2, 0) is 6.54 Å². The normalized spacial score (nSPS) is 21.3. The Morgan fingerprint density at radius 2 is 2.04 bits per heavy atom. The van der Waals surface area contributed by atoms with Crippen molar-refractivity contribution in [3.63, 3.8) is 0 Å². The second-order valence-corrected chi connectivity index (χ2v) is 5.81. The molecule has 2 unspecified atom stereocenters. The van der Waals surface area contributed by atoms with Crippen molar-refractivity contribution in [1.82, 2.24) is 4.90 Å². The summed E-state index contributed by atoms with van der Waals surface area (Å²) in [4.78, 5) is 1.92. The Balaban J connectivity index is 1.88. The number of aliphatic hydroxyl groups is 1. The van der Waals surface area contributed by atoms with Crippen LogP contribution in [0.3, 0.4) is 0 Å². The Kier molecular flexibility index (Phi) is 4.37. The van der Waals surface area contributed by atoms with Crippen LogP contribution < -0.4 is 0 Å². The molecule has 0 saturated carbocycles. The van der Waals surface area contributed by atoms with E-state index in [0.717, 1.165) is 17.7 Å². The Morgan fingerprint density at radius 1 is 1.22 bits per heavy atom. The van der Waals surface area contributed by atoms with Crippen molar-refractivity contribution in [2.75, 3.05) is 6.54 Å². The number of rotatable bonds is 3.